The van der Waals surface area contributed by atoms with Gasteiger partial charge in [-0.2, -0.15) is 5.10 Å². The molecule has 0 radical (unpaired) electrons. The predicted octanol–water partition coefficient (Wildman–Crippen LogP) is 6.95. The highest BCUT2D eigenvalue weighted by Gasteiger charge is 2.51. The Morgan fingerprint density at radius 1 is 0.857 bits per heavy atom. The van der Waals surface area contributed by atoms with E-state index in [0.29, 0.717) is 16.5 Å². The lowest BCUT2D eigenvalue weighted by atomic mass is 9.48. The fourth-order valence-corrected chi connectivity index (χ4v) is 8.77. The van der Waals surface area contributed by atoms with Gasteiger partial charge in [-0.25, -0.2) is 5.43 Å². The summed E-state index contributed by atoms with van der Waals surface area (Å²) in [5.74, 6) is 2.20. The molecular weight excluding hydrogens is 518 g/mol. The van der Waals surface area contributed by atoms with E-state index in [0.717, 1.165) is 40.4 Å². The summed E-state index contributed by atoms with van der Waals surface area (Å²) in [5.41, 5.74) is 7.85. The van der Waals surface area contributed by atoms with Crippen molar-refractivity contribution >= 4 is 12.1 Å². The van der Waals surface area contributed by atoms with E-state index >= 15 is 0 Å². The van der Waals surface area contributed by atoms with E-state index in [2.05, 4.69) is 59.3 Å². The average Bonchev–Trinajstić information content (AvgIpc) is 3.29. The molecule has 5 heteroatoms. The molecule has 0 atom stereocenters. The number of hydrazone groups is 1. The lowest BCUT2D eigenvalue weighted by Crippen LogP contribution is -2.48. The van der Waals surface area contributed by atoms with E-state index < -0.39 is 11.5 Å². The number of nitrogens with one attached hydrogen (secondary N) is 1. The van der Waals surface area contributed by atoms with Crippen molar-refractivity contribution in [1.82, 2.24) is 9.99 Å². The predicted molar refractivity (Wildman–Crippen MR) is 167 cm³/mol. The van der Waals surface area contributed by atoms with Crippen molar-refractivity contribution in [3.8, 4) is 5.69 Å². The zero-order valence-corrected chi connectivity index (χ0v) is 24.5. The standard InChI is InChI=1S/C37H39N3O2/c1-25-17-30(24-38-39-35(41)37(42,32-9-5-3-6-10-32)33-11-7-4-8-12-33)26(2)40(25)34-15-13-31(14-16-34)36-21-27-18-28(22-36)20-29(19-27)23-36/h3-17,24,27-29,42H,18-23H2,1-2H3,(H,39,41)/b38-24-. The molecule has 4 fully saturated rings. The molecule has 214 valence electrons. The largest absolute Gasteiger partial charge is 0.372 e. The number of nitrogens with zero attached hydrogens (tertiary/aromatic N) is 2. The Morgan fingerprint density at radius 3 is 1.90 bits per heavy atom. The molecule has 1 heterocycles. The van der Waals surface area contributed by atoms with Crippen LogP contribution in [0, 0.1) is 31.6 Å². The number of aromatic nitrogens is 1. The van der Waals surface area contributed by atoms with Crippen LogP contribution in [0.15, 0.2) is 96.1 Å². The fraction of sp³-hybridized carbons (Fsp3) is 0.351. The summed E-state index contributed by atoms with van der Waals surface area (Å²) in [6.45, 7) is 4.17. The van der Waals surface area contributed by atoms with Gasteiger partial charge in [-0.15, -0.1) is 0 Å². The molecule has 4 aromatic rings. The molecule has 0 aliphatic heterocycles. The molecule has 4 aliphatic carbocycles. The molecule has 1 amide bonds. The first kappa shape index (κ1) is 26.9. The van der Waals surface area contributed by atoms with Crippen molar-refractivity contribution in [2.75, 3.05) is 0 Å². The topological polar surface area (TPSA) is 66.6 Å². The maximum absolute atomic E-state index is 13.4. The molecule has 0 saturated heterocycles. The highest BCUT2D eigenvalue weighted by molar-refractivity contribution is 5.91. The molecule has 3 aromatic carbocycles. The Labute approximate surface area is 248 Å². The number of carbonyl (C=O) groups excluding carboxylic acids is 1. The number of aryl methyl sites for hydroxylation is 1. The van der Waals surface area contributed by atoms with Crippen molar-refractivity contribution < 1.29 is 9.90 Å². The van der Waals surface area contributed by atoms with Gasteiger partial charge < -0.3 is 9.67 Å². The minimum absolute atomic E-state index is 0.394. The van der Waals surface area contributed by atoms with E-state index in [9.17, 15) is 9.90 Å². The molecular formula is C37H39N3O2. The van der Waals surface area contributed by atoms with Crippen LogP contribution in [0.5, 0.6) is 0 Å². The molecule has 4 saturated carbocycles. The van der Waals surface area contributed by atoms with Crippen molar-refractivity contribution in [3.05, 3.63) is 125 Å². The van der Waals surface area contributed by atoms with Crippen LogP contribution in [0.4, 0.5) is 0 Å². The molecule has 4 bridgehead atoms. The molecule has 4 aliphatic rings. The van der Waals surface area contributed by atoms with Gasteiger partial charge in [-0.3, -0.25) is 4.79 Å². The second-order valence-electron chi connectivity index (χ2n) is 13.0. The highest BCUT2D eigenvalue weighted by Crippen LogP contribution is 2.60. The quantitative estimate of drug-likeness (QED) is 0.191. The Kier molecular flexibility index (Phi) is 6.66. The van der Waals surface area contributed by atoms with Gasteiger partial charge >= 0.3 is 0 Å². The van der Waals surface area contributed by atoms with E-state index in [4.69, 9.17) is 0 Å². The second-order valence-corrected chi connectivity index (χ2v) is 13.0. The molecule has 1 aromatic heterocycles. The number of carbonyl (C=O) groups is 1. The molecule has 42 heavy (non-hydrogen) atoms. The normalized spacial score (nSPS) is 24.8. The summed E-state index contributed by atoms with van der Waals surface area (Å²) in [7, 11) is 0. The van der Waals surface area contributed by atoms with Gasteiger partial charge in [0.05, 0.1) is 6.21 Å². The summed E-state index contributed by atoms with van der Waals surface area (Å²) >= 11 is 0. The van der Waals surface area contributed by atoms with Crippen LogP contribution < -0.4 is 5.43 Å². The Hall–Kier alpha value is -3.96. The number of hydrogen-bond donors (Lipinski definition) is 2. The van der Waals surface area contributed by atoms with Crippen LogP contribution >= 0.6 is 0 Å². The Bertz CT molecular complexity index is 1540. The monoisotopic (exact) mass is 557 g/mol. The Morgan fingerprint density at radius 2 is 1.38 bits per heavy atom. The van der Waals surface area contributed by atoms with E-state index in [-0.39, 0.29) is 0 Å². The van der Waals surface area contributed by atoms with Crippen LogP contribution in [-0.4, -0.2) is 21.8 Å². The molecule has 5 nitrogen and oxygen atoms in total. The van der Waals surface area contributed by atoms with Crippen molar-refractivity contribution in [1.29, 1.82) is 0 Å². The van der Waals surface area contributed by atoms with Gasteiger partial charge in [0.1, 0.15) is 0 Å². The van der Waals surface area contributed by atoms with Crippen LogP contribution in [-0.2, 0) is 15.8 Å². The first-order valence-electron chi connectivity index (χ1n) is 15.3. The van der Waals surface area contributed by atoms with Gasteiger partial charge in [0.25, 0.3) is 5.91 Å². The molecule has 8 rings (SSSR count). The highest BCUT2D eigenvalue weighted by atomic mass is 16.3. The summed E-state index contributed by atoms with van der Waals surface area (Å²) < 4.78 is 2.25. The minimum Gasteiger partial charge on any atom is -0.372 e. The van der Waals surface area contributed by atoms with E-state index in [1.165, 1.54) is 44.1 Å². The van der Waals surface area contributed by atoms with E-state index in [1.54, 1.807) is 30.5 Å². The van der Waals surface area contributed by atoms with Crippen LogP contribution in [0.2, 0.25) is 0 Å². The first-order chi connectivity index (χ1) is 20.4. The van der Waals surface area contributed by atoms with Crippen LogP contribution in [0.25, 0.3) is 5.69 Å². The SMILES string of the molecule is Cc1cc(/C=N\NC(=O)C(O)(c2ccccc2)c2ccccc2)c(C)n1-c1ccc(C23CC4CC(CC(C4)C2)C3)cc1. The third-order valence-electron chi connectivity index (χ3n) is 10.3. The number of aliphatic hydroxyl groups is 1. The summed E-state index contributed by atoms with van der Waals surface area (Å²) in [6.07, 6.45) is 10.2. The number of rotatable bonds is 7. The average molecular weight is 558 g/mol. The maximum Gasteiger partial charge on any atom is 0.281 e. The second kappa shape index (κ2) is 10.4. The van der Waals surface area contributed by atoms with Gasteiger partial charge in [0.15, 0.2) is 5.60 Å². The van der Waals surface area contributed by atoms with Crippen LogP contribution in [0.3, 0.4) is 0 Å². The minimum atomic E-state index is -1.87. The molecule has 0 unspecified atom stereocenters. The maximum atomic E-state index is 13.4. The molecule has 0 spiro atoms. The number of hydrogen-bond acceptors (Lipinski definition) is 3. The summed E-state index contributed by atoms with van der Waals surface area (Å²) in [5, 5.41) is 16.0. The Balaban J connectivity index is 1.11. The van der Waals surface area contributed by atoms with Crippen molar-refractivity contribution in [2.24, 2.45) is 22.9 Å². The van der Waals surface area contributed by atoms with E-state index in [1.807, 2.05) is 36.4 Å². The number of amides is 1. The zero-order valence-electron chi connectivity index (χ0n) is 24.5. The van der Waals surface area contributed by atoms with Gasteiger partial charge in [-0.05, 0) is 110 Å². The molecule has 2 N–H and O–H groups in total. The fourth-order valence-electron chi connectivity index (χ4n) is 8.77. The first-order valence-corrected chi connectivity index (χ1v) is 15.3. The van der Waals surface area contributed by atoms with Crippen molar-refractivity contribution in [3.63, 3.8) is 0 Å². The van der Waals surface area contributed by atoms with Gasteiger partial charge in [0, 0.05) is 22.6 Å². The zero-order chi connectivity index (χ0) is 28.9. The lowest BCUT2D eigenvalue weighted by Gasteiger charge is -2.57. The summed E-state index contributed by atoms with van der Waals surface area (Å²) in [6, 6.07) is 29.3. The summed E-state index contributed by atoms with van der Waals surface area (Å²) in [4.78, 5) is 13.4. The van der Waals surface area contributed by atoms with Crippen molar-refractivity contribution in [2.45, 2.75) is 63.4 Å². The third-order valence-corrected chi connectivity index (χ3v) is 10.3. The lowest BCUT2D eigenvalue weighted by molar-refractivity contribution is -0.136. The van der Waals surface area contributed by atoms with Crippen LogP contribution in [0.1, 0.15) is 72.2 Å². The number of benzene rings is 3. The smallest absolute Gasteiger partial charge is 0.281 e. The van der Waals surface area contributed by atoms with Gasteiger partial charge in [0.2, 0.25) is 0 Å². The third kappa shape index (κ3) is 4.51. The van der Waals surface area contributed by atoms with Gasteiger partial charge in [-0.1, -0.05) is 72.8 Å².